The summed E-state index contributed by atoms with van der Waals surface area (Å²) in [7, 11) is 1.23. The number of nitrogens with one attached hydrogen (secondary N) is 1. The van der Waals surface area contributed by atoms with Crippen LogP contribution in [0.5, 0.6) is 5.75 Å². The van der Waals surface area contributed by atoms with Crippen LogP contribution >= 0.6 is 23.2 Å². The smallest absolute Gasteiger partial charge is 0.440 e. The lowest BCUT2D eigenvalue weighted by atomic mass is 10.1. The number of benzene rings is 2. The number of amides is 1. The van der Waals surface area contributed by atoms with Gasteiger partial charge < -0.3 is 14.4 Å². The largest absolute Gasteiger partial charge is 0.451 e. The number of oxime groups is 1. The summed E-state index contributed by atoms with van der Waals surface area (Å²) in [5.41, 5.74) is 4.39. The standard InChI is InChI=1S/C17H16Cl2N2O4/c1-11(20-24-10-12-3-6-14(18)7-4-12)13-5-8-15(19)16(9-13)25-21-17(22)23-2/h3-9H,10H2,1-2H3,(H,21,22). The van der Waals surface area contributed by atoms with Gasteiger partial charge in [-0.15, -0.1) is 0 Å². The molecule has 1 amide bonds. The van der Waals surface area contributed by atoms with Gasteiger partial charge in [-0.05, 0) is 36.8 Å². The maximum absolute atomic E-state index is 11.1. The Hall–Kier alpha value is -2.44. The van der Waals surface area contributed by atoms with Gasteiger partial charge in [0.1, 0.15) is 6.61 Å². The summed E-state index contributed by atoms with van der Waals surface area (Å²) < 4.78 is 4.42. The van der Waals surface area contributed by atoms with Gasteiger partial charge in [0.25, 0.3) is 0 Å². The van der Waals surface area contributed by atoms with Crippen molar-refractivity contribution in [3.05, 3.63) is 63.6 Å². The summed E-state index contributed by atoms with van der Waals surface area (Å²) in [5, 5.41) is 5.06. The molecule has 2 aromatic rings. The lowest BCUT2D eigenvalue weighted by Gasteiger charge is -2.09. The Morgan fingerprint density at radius 3 is 2.56 bits per heavy atom. The van der Waals surface area contributed by atoms with Crippen LogP contribution in [0.3, 0.4) is 0 Å². The van der Waals surface area contributed by atoms with Crippen molar-refractivity contribution in [1.29, 1.82) is 0 Å². The molecule has 6 nitrogen and oxygen atoms in total. The lowest BCUT2D eigenvalue weighted by Crippen LogP contribution is -2.26. The average molecular weight is 383 g/mol. The number of carbonyl (C=O) groups excluding carboxylic acids is 1. The summed E-state index contributed by atoms with van der Waals surface area (Å²) in [6.45, 7) is 2.10. The summed E-state index contributed by atoms with van der Waals surface area (Å²) in [4.78, 5) is 21.5. The highest BCUT2D eigenvalue weighted by Crippen LogP contribution is 2.25. The van der Waals surface area contributed by atoms with E-state index in [1.165, 1.54) is 7.11 Å². The fourth-order valence-electron chi connectivity index (χ4n) is 1.78. The lowest BCUT2D eigenvalue weighted by molar-refractivity contribution is 0.118. The molecule has 0 bridgehead atoms. The van der Waals surface area contributed by atoms with Crippen LogP contribution in [0.15, 0.2) is 47.6 Å². The SMILES string of the molecule is COC(=O)NOc1cc(C(C)=NOCc2ccc(Cl)cc2)ccc1Cl. The number of hydrogen-bond acceptors (Lipinski definition) is 5. The minimum atomic E-state index is -0.738. The van der Waals surface area contributed by atoms with Gasteiger partial charge in [0, 0.05) is 10.6 Å². The Kier molecular flexibility index (Phi) is 6.91. The first-order valence-electron chi connectivity index (χ1n) is 7.21. The molecule has 0 saturated heterocycles. The molecule has 8 heteroatoms. The van der Waals surface area contributed by atoms with Gasteiger partial charge in [-0.25, -0.2) is 4.79 Å². The van der Waals surface area contributed by atoms with Crippen LogP contribution in [0, 0.1) is 0 Å². The highest BCUT2D eigenvalue weighted by atomic mass is 35.5. The van der Waals surface area contributed by atoms with Gasteiger partial charge in [-0.3, -0.25) is 0 Å². The molecular weight excluding hydrogens is 367 g/mol. The van der Waals surface area contributed by atoms with Gasteiger partial charge in [0.2, 0.25) is 0 Å². The summed E-state index contributed by atoms with van der Waals surface area (Å²) in [6, 6.07) is 12.3. The van der Waals surface area contributed by atoms with Crippen molar-refractivity contribution in [2.24, 2.45) is 5.16 Å². The molecule has 1 N–H and O–H groups in total. The molecule has 0 atom stereocenters. The molecule has 0 aliphatic carbocycles. The molecule has 2 aromatic carbocycles. The van der Waals surface area contributed by atoms with Crippen LogP contribution in [-0.2, 0) is 16.2 Å². The Morgan fingerprint density at radius 2 is 1.88 bits per heavy atom. The molecule has 132 valence electrons. The number of halogens is 2. The number of ether oxygens (including phenoxy) is 1. The highest BCUT2D eigenvalue weighted by Gasteiger charge is 2.08. The van der Waals surface area contributed by atoms with Gasteiger partial charge in [0.05, 0.1) is 17.8 Å². The number of carbonyl (C=O) groups is 1. The Bertz CT molecular complexity index is 764. The maximum Gasteiger partial charge on any atom is 0.440 e. The number of nitrogens with zero attached hydrogens (tertiary/aromatic N) is 1. The Balaban J connectivity index is 2.01. The fourth-order valence-corrected chi connectivity index (χ4v) is 2.06. The zero-order valence-corrected chi connectivity index (χ0v) is 15.1. The molecule has 0 heterocycles. The van der Waals surface area contributed by atoms with E-state index in [0.717, 1.165) is 11.1 Å². The average Bonchev–Trinajstić information content (AvgIpc) is 2.62. The van der Waals surface area contributed by atoms with Crippen molar-refractivity contribution in [3.8, 4) is 5.75 Å². The molecule has 0 unspecified atom stereocenters. The van der Waals surface area contributed by atoms with Gasteiger partial charge in [0.15, 0.2) is 5.75 Å². The summed E-state index contributed by atoms with van der Waals surface area (Å²) >= 11 is 11.9. The van der Waals surface area contributed by atoms with Crippen LogP contribution in [0.1, 0.15) is 18.1 Å². The maximum atomic E-state index is 11.1. The van der Waals surface area contributed by atoms with E-state index in [-0.39, 0.29) is 5.75 Å². The van der Waals surface area contributed by atoms with Crippen molar-refractivity contribution in [1.82, 2.24) is 5.48 Å². The van der Waals surface area contributed by atoms with Crippen LogP contribution in [0.4, 0.5) is 4.79 Å². The van der Waals surface area contributed by atoms with Crippen molar-refractivity contribution < 1.29 is 19.2 Å². The minimum absolute atomic E-state index is 0.261. The summed E-state index contributed by atoms with van der Waals surface area (Å²) in [6.07, 6.45) is -0.738. The highest BCUT2D eigenvalue weighted by molar-refractivity contribution is 6.32. The summed E-state index contributed by atoms with van der Waals surface area (Å²) in [5.74, 6) is 0.261. The number of methoxy groups -OCH3 is 1. The van der Waals surface area contributed by atoms with E-state index in [1.807, 2.05) is 12.1 Å². The van der Waals surface area contributed by atoms with Gasteiger partial charge in [-0.2, -0.15) is 5.48 Å². The molecule has 0 aliphatic heterocycles. The first-order chi connectivity index (χ1) is 12.0. The Morgan fingerprint density at radius 1 is 1.16 bits per heavy atom. The molecule has 0 fully saturated rings. The Labute approximate surface area is 155 Å². The molecule has 0 radical (unpaired) electrons. The van der Waals surface area contributed by atoms with Crippen LogP contribution in [-0.4, -0.2) is 18.9 Å². The fraction of sp³-hybridized carbons (Fsp3) is 0.176. The molecule has 0 saturated carbocycles. The van der Waals surface area contributed by atoms with E-state index in [4.69, 9.17) is 32.9 Å². The number of hydroxylamine groups is 1. The first kappa shape index (κ1) is 18.9. The molecule has 25 heavy (non-hydrogen) atoms. The predicted molar refractivity (Wildman–Crippen MR) is 96.1 cm³/mol. The second kappa shape index (κ2) is 9.15. The molecule has 0 spiro atoms. The van der Waals surface area contributed by atoms with E-state index in [9.17, 15) is 4.79 Å². The molecule has 0 aromatic heterocycles. The van der Waals surface area contributed by atoms with Crippen molar-refractivity contribution in [3.63, 3.8) is 0 Å². The minimum Gasteiger partial charge on any atom is -0.451 e. The third kappa shape index (κ3) is 5.85. The topological polar surface area (TPSA) is 69.2 Å². The van der Waals surface area contributed by atoms with Crippen molar-refractivity contribution in [2.45, 2.75) is 13.5 Å². The predicted octanol–water partition coefficient (Wildman–Crippen LogP) is 4.58. The monoisotopic (exact) mass is 382 g/mol. The third-order valence-corrected chi connectivity index (χ3v) is 3.69. The molecule has 2 rings (SSSR count). The number of rotatable bonds is 6. The van der Waals surface area contributed by atoms with Crippen molar-refractivity contribution >= 4 is 35.0 Å². The zero-order valence-electron chi connectivity index (χ0n) is 13.6. The first-order valence-corrected chi connectivity index (χ1v) is 7.97. The van der Waals surface area contributed by atoms with Crippen molar-refractivity contribution in [2.75, 3.05) is 7.11 Å². The molecule has 0 aliphatic rings. The molecular formula is C17H16Cl2N2O4. The van der Waals surface area contributed by atoms with Crippen LogP contribution in [0.2, 0.25) is 10.0 Å². The second-order valence-corrected chi connectivity index (χ2v) is 5.76. The van der Waals surface area contributed by atoms with E-state index < -0.39 is 6.09 Å². The number of hydrogen-bond donors (Lipinski definition) is 1. The van der Waals surface area contributed by atoms with Crippen LogP contribution < -0.4 is 10.3 Å². The van der Waals surface area contributed by atoms with Crippen LogP contribution in [0.25, 0.3) is 0 Å². The quantitative estimate of drug-likeness (QED) is 0.586. The second-order valence-electron chi connectivity index (χ2n) is 4.92. The van der Waals surface area contributed by atoms with E-state index >= 15 is 0 Å². The van der Waals surface area contributed by atoms with E-state index in [1.54, 1.807) is 37.3 Å². The van der Waals surface area contributed by atoms with E-state index in [0.29, 0.717) is 22.4 Å². The third-order valence-electron chi connectivity index (χ3n) is 3.12. The normalized spacial score (nSPS) is 11.0. The van der Waals surface area contributed by atoms with Gasteiger partial charge >= 0.3 is 6.09 Å². The van der Waals surface area contributed by atoms with Gasteiger partial charge in [-0.1, -0.05) is 46.6 Å². The van der Waals surface area contributed by atoms with E-state index in [2.05, 4.69) is 15.4 Å². The zero-order chi connectivity index (χ0) is 18.2.